The Morgan fingerprint density at radius 3 is 2.29 bits per heavy atom. The average Bonchev–Trinajstić information content (AvgIpc) is 1.65. The molecule has 0 aromatic rings. The van der Waals surface area contributed by atoms with E-state index in [1.807, 2.05) is 0 Å². The third-order valence-corrected chi connectivity index (χ3v) is 0.555. The van der Waals surface area contributed by atoms with E-state index in [2.05, 4.69) is 4.74 Å². The molecule has 0 aliphatic heterocycles. The highest BCUT2D eigenvalue weighted by Crippen LogP contribution is 1.79. The quantitative estimate of drug-likeness (QED) is 0.431. The van der Waals surface area contributed by atoms with Gasteiger partial charge in [-0.3, -0.25) is 4.79 Å². The second-order valence-electron chi connectivity index (χ2n) is 1.24. The van der Waals surface area contributed by atoms with E-state index in [-0.39, 0.29) is 0 Å². The number of ether oxygens (including phenoxy) is 1. The molecule has 0 rings (SSSR count). The minimum absolute atomic E-state index is 0.486. The summed E-state index contributed by atoms with van der Waals surface area (Å²) >= 11 is 0. The third kappa shape index (κ3) is 2.17. The number of esters is 1. The number of rotatable bonds is 1. The molecule has 3 nitrogen and oxygen atoms in total. The maximum atomic E-state index is 10.1. The summed E-state index contributed by atoms with van der Waals surface area (Å²) in [7, 11) is 1.27. The third-order valence-electron chi connectivity index (χ3n) is 0.555. The van der Waals surface area contributed by atoms with Crippen molar-refractivity contribution in [2.75, 3.05) is 7.11 Å². The van der Waals surface area contributed by atoms with E-state index in [0.29, 0.717) is 0 Å². The van der Waals surface area contributed by atoms with Crippen molar-refractivity contribution in [2.24, 2.45) is 0 Å². The second-order valence-corrected chi connectivity index (χ2v) is 1.24. The standard InChI is InChI=1S/C4H8NO2/c1-3(5)4(6)7-2/h3,5H,1-2H3. The first kappa shape index (κ1) is 6.43. The molecule has 0 saturated heterocycles. The molecule has 0 aliphatic rings. The summed E-state index contributed by atoms with van der Waals surface area (Å²) in [5.74, 6) is -0.486. The predicted octanol–water partition coefficient (Wildman–Crippen LogP) is -0.169. The molecule has 41 valence electrons. The molecule has 0 aromatic heterocycles. The molecular weight excluding hydrogens is 94.0 g/mol. The van der Waals surface area contributed by atoms with Gasteiger partial charge in [0.25, 0.3) is 0 Å². The van der Waals surface area contributed by atoms with Gasteiger partial charge >= 0.3 is 5.97 Å². The van der Waals surface area contributed by atoms with Crippen LogP contribution >= 0.6 is 0 Å². The molecule has 3 heteroatoms. The second kappa shape index (κ2) is 2.58. The van der Waals surface area contributed by atoms with Crippen LogP contribution in [0.3, 0.4) is 0 Å². The fraction of sp³-hybridized carbons (Fsp3) is 0.750. The lowest BCUT2D eigenvalue weighted by Gasteiger charge is -1.97. The Kier molecular flexibility index (Phi) is 2.37. The zero-order valence-corrected chi connectivity index (χ0v) is 4.39. The Labute approximate surface area is 42.4 Å². The Bertz CT molecular complexity index is 70.1. The molecule has 1 atom stereocenters. The van der Waals surface area contributed by atoms with Crippen LogP contribution in [0.25, 0.3) is 0 Å². The summed E-state index contributed by atoms with van der Waals surface area (Å²) in [5.41, 5.74) is 6.71. The largest absolute Gasteiger partial charge is 0.468 e. The van der Waals surface area contributed by atoms with Crippen molar-refractivity contribution in [3.63, 3.8) is 0 Å². The van der Waals surface area contributed by atoms with E-state index in [4.69, 9.17) is 5.73 Å². The van der Waals surface area contributed by atoms with E-state index < -0.39 is 12.0 Å². The highest BCUT2D eigenvalue weighted by Gasteiger charge is 2.04. The normalized spacial score (nSPS) is 13.0. The monoisotopic (exact) mass is 102 g/mol. The number of carbonyl (C=O) groups is 1. The van der Waals surface area contributed by atoms with Crippen LogP contribution in [0.5, 0.6) is 0 Å². The van der Waals surface area contributed by atoms with Crippen molar-refractivity contribution in [2.45, 2.75) is 13.0 Å². The molecule has 0 spiro atoms. The molecule has 1 radical (unpaired) electrons. The van der Waals surface area contributed by atoms with Crippen molar-refractivity contribution >= 4 is 5.97 Å². The van der Waals surface area contributed by atoms with Gasteiger partial charge in [0, 0.05) is 0 Å². The Morgan fingerprint density at radius 1 is 1.86 bits per heavy atom. The first-order valence-corrected chi connectivity index (χ1v) is 1.97. The van der Waals surface area contributed by atoms with Crippen molar-refractivity contribution in [3.8, 4) is 0 Å². The lowest BCUT2D eigenvalue weighted by atomic mass is 10.4. The topological polar surface area (TPSA) is 50.1 Å². The summed E-state index contributed by atoms with van der Waals surface area (Å²) in [4.78, 5) is 10.1. The minimum atomic E-state index is -0.745. The molecule has 0 saturated carbocycles. The molecule has 0 aromatic carbocycles. The maximum absolute atomic E-state index is 10.1. The lowest BCUT2D eigenvalue weighted by Crippen LogP contribution is -2.18. The number of hydrogen-bond acceptors (Lipinski definition) is 2. The van der Waals surface area contributed by atoms with Crippen molar-refractivity contribution < 1.29 is 9.53 Å². The van der Waals surface area contributed by atoms with Crippen LogP contribution in [-0.2, 0) is 9.53 Å². The van der Waals surface area contributed by atoms with Crippen molar-refractivity contribution in [1.29, 1.82) is 0 Å². The zero-order valence-electron chi connectivity index (χ0n) is 4.39. The molecule has 0 bridgehead atoms. The fourth-order valence-corrected chi connectivity index (χ4v) is 0.177. The Balaban J connectivity index is 3.35. The zero-order chi connectivity index (χ0) is 5.86. The maximum Gasteiger partial charge on any atom is 0.323 e. The number of nitrogens with one attached hydrogen (secondary N) is 1. The smallest absolute Gasteiger partial charge is 0.323 e. The van der Waals surface area contributed by atoms with Gasteiger partial charge in [0.1, 0.15) is 6.04 Å². The van der Waals surface area contributed by atoms with E-state index >= 15 is 0 Å². The van der Waals surface area contributed by atoms with Gasteiger partial charge in [-0.25, -0.2) is 5.73 Å². The van der Waals surface area contributed by atoms with E-state index in [1.165, 1.54) is 14.0 Å². The molecule has 1 unspecified atom stereocenters. The molecule has 0 aliphatic carbocycles. The number of methoxy groups -OCH3 is 1. The average molecular weight is 102 g/mol. The van der Waals surface area contributed by atoms with Gasteiger partial charge in [-0.05, 0) is 6.92 Å². The first-order chi connectivity index (χ1) is 3.18. The molecule has 7 heavy (non-hydrogen) atoms. The first-order valence-electron chi connectivity index (χ1n) is 1.97. The lowest BCUT2D eigenvalue weighted by molar-refractivity contribution is -0.141. The summed E-state index contributed by atoms with van der Waals surface area (Å²) in [6, 6.07) is -0.745. The Hall–Kier alpha value is -0.570. The fourth-order valence-electron chi connectivity index (χ4n) is 0.177. The van der Waals surface area contributed by atoms with Crippen LogP contribution < -0.4 is 5.73 Å². The van der Waals surface area contributed by atoms with Crippen molar-refractivity contribution in [1.82, 2.24) is 5.73 Å². The molecule has 0 fully saturated rings. The van der Waals surface area contributed by atoms with E-state index in [1.54, 1.807) is 0 Å². The Morgan fingerprint density at radius 2 is 2.29 bits per heavy atom. The van der Waals surface area contributed by atoms with Crippen molar-refractivity contribution in [3.05, 3.63) is 0 Å². The molecule has 0 amide bonds. The van der Waals surface area contributed by atoms with Crippen LogP contribution in [0, 0.1) is 0 Å². The minimum Gasteiger partial charge on any atom is -0.468 e. The molecule has 0 heterocycles. The van der Waals surface area contributed by atoms with Crippen LogP contribution in [0.1, 0.15) is 6.92 Å². The predicted molar refractivity (Wildman–Crippen MR) is 24.6 cm³/mol. The molecule has 1 N–H and O–H groups in total. The van der Waals surface area contributed by atoms with Crippen LogP contribution in [-0.4, -0.2) is 19.1 Å². The van der Waals surface area contributed by atoms with E-state index in [9.17, 15) is 4.79 Å². The number of hydrogen-bond donors (Lipinski definition) is 0. The van der Waals surface area contributed by atoms with Gasteiger partial charge in [0.05, 0.1) is 7.11 Å². The van der Waals surface area contributed by atoms with Gasteiger partial charge in [0.15, 0.2) is 0 Å². The SMILES string of the molecule is COC(=O)C(C)[NH]. The van der Waals surface area contributed by atoms with Crippen LogP contribution in [0.2, 0.25) is 0 Å². The van der Waals surface area contributed by atoms with Gasteiger partial charge in [-0.1, -0.05) is 0 Å². The van der Waals surface area contributed by atoms with E-state index in [0.717, 1.165) is 0 Å². The van der Waals surface area contributed by atoms with Crippen LogP contribution in [0.4, 0.5) is 0 Å². The number of carbonyl (C=O) groups excluding carboxylic acids is 1. The van der Waals surface area contributed by atoms with Gasteiger partial charge in [0.2, 0.25) is 0 Å². The van der Waals surface area contributed by atoms with Gasteiger partial charge in [-0.2, -0.15) is 0 Å². The van der Waals surface area contributed by atoms with Gasteiger partial charge < -0.3 is 4.74 Å². The highest BCUT2D eigenvalue weighted by atomic mass is 16.5. The highest BCUT2D eigenvalue weighted by molar-refractivity contribution is 5.74. The summed E-state index contributed by atoms with van der Waals surface area (Å²) in [5, 5.41) is 0. The summed E-state index contributed by atoms with van der Waals surface area (Å²) < 4.78 is 4.19. The summed E-state index contributed by atoms with van der Waals surface area (Å²) in [6.45, 7) is 1.46. The molecular formula is C4H8NO2. The van der Waals surface area contributed by atoms with Crippen LogP contribution in [0.15, 0.2) is 0 Å². The van der Waals surface area contributed by atoms with Gasteiger partial charge in [-0.15, -0.1) is 0 Å². The summed E-state index contributed by atoms with van der Waals surface area (Å²) in [6.07, 6.45) is 0.